The first-order valence-electron chi connectivity index (χ1n) is 8.85. The third-order valence-electron chi connectivity index (χ3n) is 4.57. The van der Waals surface area contributed by atoms with Crippen molar-refractivity contribution in [2.24, 2.45) is 7.05 Å². The Hall–Kier alpha value is -2.53. The molecule has 0 radical (unpaired) electrons. The van der Waals surface area contributed by atoms with Gasteiger partial charge in [-0.1, -0.05) is 46.3 Å². The van der Waals surface area contributed by atoms with Crippen molar-refractivity contribution in [1.82, 2.24) is 4.57 Å². The second-order valence-corrected chi connectivity index (χ2v) is 8.60. The number of aromatic nitrogens is 1. The second-order valence-electron chi connectivity index (χ2n) is 7.75. The molecule has 0 amide bonds. The number of benzene rings is 2. The average Bonchev–Trinajstić information content (AvgIpc) is 2.97. The largest absolute Gasteiger partial charge is 0.439 e. The van der Waals surface area contributed by atoms with E-state index in [-0.39, 0.29) is 11.1 Å². The minimum atomic E-state index is -0.217. The summed E-state index contributed by atoms with van der Waals surface area (Å²) in [6, 6.07) is 15.7. The Labute approximate surface area is 165 Å². The molecule has 138 valence electrons. The molecule has 0 unspecified atom stereocenters. The maximum atomic E-state index is 13.3. The Bertz CT molecular complexity index is 1230. The molecule has 2 heterocycles. The Morgan fingerprint density at radius 2 is 1.70 bits per heavy atom. The van der Waals surface area contributed by atoms with Gasteiger partial charge in [-0.2, -0.15) is 0 Å². The van der Waals surface area contributed by atoms with E-state index in [1.54, 1.807) is 11.6 Å². The number of hydrogen-bond donors (Lipinski definition) is 1. The molecule has 0 saturated heterocycles. The lowest BCUT2D eigenvalue weighted by molar-refractivity contribution is 0.567. The quantitative estimate of drug-likeness (QED) is 0.433. The van der Waals surface area contributed by atoms with Crippen LogP contribution in [0.1, 0.15) is 20.8 Å². The molecule has 4 nitrogen and oxygen atoms in total. The molecule has 4 aromatic rings. The summed E-state index contributed by atoms with van der Waals surface area (Å²) in [5, 5.41) is 4.95. The van der Waals surface area contributed by atoms with Crippen LogP contribution in [0.3, 0.4) is 0 Å². The molecule has 0 saturated carbocycles. The van der Waals surface area contributed by atoms with Crippen LogP contribution in [0.2, 0.25) is 0 Å². The van der Waals surface area contributed by atoms with E-state index < -0.39 is 0 Å². The van der Waals surface area contributed by atoms with Crippen LogP contribution < -0.4 is 10.9 Å². The second kappa shape index (κ2) is 6.27. The van der Waals surface area contributed by atoms with Crippen molar-refractivity contribution in [3.8, 4) is 11.1 Å². The van der Waals surface area contributed by atoms with Crippen LogP contribution in [0, 0.1) is 0 Å². The summed E-state index contributed by atoms with van der Waals surface area (Å²) in [4.78, 5) is 13.3. The number of aryl methyl sites for hydroxylation is 1. The Balaban J connectivity index is 2.21. The maximum Gasteiger partial charge on any atom is 0.262 e. The first-order valence-corrected chi connectivity index (χ1v) is 9.64. The molecular weight excluding hydrogens is 404 g/mol. The van der Waals surface area contributed by atoms with Gasteiger partial charge >= 0.3 is 0 Å². The third-order valence-corrected chi connectivity index (χ3v) is 5.26. The molecule has 0 spiro atoms. The highest BCUT2D eigenvalue weighted by molar-refractivity contribution is 9.10. The summed E-state index contributed by atoms with van der Waals surface area (Å²) < 4.78 is 8.89. The van der Waals surface area contributed by atoms with Gasteiger partial charge in [-0.25, -0.2) is 0 Å². The van der Waals surface area contributed by atoms with Gasteiger partial charge in [-0.05, 0) is 39.0 Å². The van der Waals surface area contributed by atoms with Crippen LogP contribution in [-0.4, -0.2) is 10.1 Å². The van der Waals surface area contributed by atoms with Crippen LogP contribution in [0.25, 0.3) is 33.0 Å². The average molecular weight is 425 g/mol. The zero-order chi connectivity index (χ0) is 19.3. The number of halogens is 1. The van der Waals surface area contributed by atoms with Crippen molar-refractivity contribution in [3.05, 3.63) is 63.4 Å². The monoisotopic (exact) mass is 424 g/mol. The predicted molar refractivity (Wildman–Crippen MR) is 115 cm³/mol. The highest BCUT2D eigenvalue weighted by Gasteiger charge is 2.25. The number of nitrogens with one attached hydrogen (secondary N) is 1. The Kier molecular flexibility index (Phi) is 4.15. The van der Waals surface area contributed by atoms with E-state index in [2.05, 4.69) is 42.0 Å². The van der Waals surface area contributed by atoms with Crippen LogP contribution in [0.15, 0.2) is 62.2 Å². The van der Waals surface area contributed by atoms with E-state index >= 15 is 0 Å². The van der Waals surface area contributed by atoms with Crippen molar-refractivity contribution in [2.75, 3.05) is 5.32 Å². The fourth-order valence-corrected chi connectivity index (χ4v) is 3.89. The van der Waals surface area contributed by atoms with Crippen molar-refractivity contribution in [1.29, 1.82) is 0 Å². The van der Waals surface area contributed by atoms with Gasteiger partial charge in [0.1, 0.15) is 0 Å². The number of fused-ring (bicyclic) bond motifs is 3. The van der Waals surface area contributed by atoms with E-state index in [0.717, 1.165) is 26.5 Å². The molecule has 0 fully saturated rings. The van der Waals surface area contributed by atoms with Crippen molar-refractivity contribution in [3.63, 3.8) is 0 Å². The fourth-order valence-electron chi connectivity index (χ4n) is 3.41. The number of hydrogen-bond acceptors (Lipinski definition) is 3. The van der Waals surface area contributed by atoms with Gasteiger partial charge in [0.2, 0.25) is 5.88 Å². The summed E-state index contributed by atoms with van der Waals surface area (Å²) in [6.07, 6.45) is 0. The topological polar surface area (TPSA) is 47.2 Å². The summed E-state index contributed by atoms with van der Waals surface area (Å²) in [5.74, 6) is 0.609. The molecule has 0 bridgehead atoms. The van der Waals surface area contributed by atoms with Gasteiger partial charge in [0, 0.05) is 28.0 Å². The summed E-state index contributed by atoms with van der Waals surface area (Å²) >= 11 is 3.63. The molecule has 0 aliphatic rings. The Morgan fingerprint density at radius 1 is 1.04 bits per heavy atom. The molecule has 0 aliphatic heterocycles. The molecular formula is C22H21BrN2O2. The van der Waals surface area contributed by atoms with E-state index in [1.807, 2.05) is 48.5 Å². The van der Waals surface area contributed by atoms with Gasteiger partial charge in [0.05, 0.1) is 16.5 Å². The summed E-state index contributed by atoms with van der Waals surface area (Å²) in [6.45, 7) is 6.21. The van der Waals surface area contributed by atoms with Gasteiger partial charge in [-0.15, -0.1) is 0 Å². The molecule has 2 aromatic carbocycles. The highest BCUT2D eigenvalue weighted by atomic mass is 79.9. The number of anilines is 1. The van der Waals surface area contributed by atoms with E-state index in [0.29, 0.717) is 16.9 Å². The maximum absolute atomic E-state index is 13.3. The number of para-hydroxylation sites is 1. The number of nitrogens with zero attached hydrogens (tertiary/aromatic N) is 1. The van der Waals surface area contributed by atoms with E-state index in [1.165, 1.54) is 0 Å². The molecule has 27 heavy (non-hydrogen) atoms. The molecule has 0 aliphatic carbocycles. The lowest BCUT2D eigenvalue weighted by Gasteiger charge is -2.21. The van der Waals surface area contributed by atoms with Gasteiger partial charge in [0.15, 0.2) is 5.58 Å². The SMILES string of the molecule is Cn1c(=O)c2c(-c3ccccc3Br)c(NC(C)(C)C)oc2c2ccccc21. The van der Waals surface area contributed by atoms with Gasteiger partial charge < -0.3 is 14.3 Å². The molecule has 4 rings (SSSR count). The minimum absolute atomic E-state index is 0.0693. The molecule has 1 N–H and O–H groups in total. The van der Waals surface area contributed by atoms with Crippen LogP contribution in [0.5, 0.6) is 0 Å². The van der Waals surface area contributed by atoms with Crippen LogP contribution >= 0.6 is 15.9 Å². The molecule has 2 aromatic heterocycles. The first-order chi connectivity index (χ1) is 12.8. The lowest BCUT2D eigenvalue weighted by Crippen LogP contribution is -2.26. The molecule has 0 atom stereocenters. The number of pyridine rings is 1. The zero-order valence-electron chi connectivity index (χ0n) is 15.8. The van der Waals surface area contributed by atoms with E-state index in [9.17, 15) is 4.79 Å². The van der Waals surface area contributed by atoms with Crippen LogP contribution in [-0.2, 0) is 7.05 Å². The highest BCUT2D eigenvalue weighted by Crippen LogP contribution is 2.42. The Morgan fingerprint density at radius 3 is 2.41 bits per heavy atom. The third kappa shape index (κ3) is 2.96. The smallest absolute Gasteiger partial charge is 0.262 e. The number of furan rings is 1. The fraction of sp³-hybridized carbons (Fsp3) is 0.227. The van der Waals surface area contributed by atoms with E-state index in [4.69, 9.17) is 4.42 Å². The molecule has 5 heteroatoms. The predicted octanol–water partition coefficient (Wildman–Crippen LogP) is 5.92. The van der Waals surface area contributed by atoms with Gasteiger partial charge in [-0.3, -0.25) is 4.79 Å². The summed E-state index contributed by atoms with van der Waals surface area (Å²) in [7, 11) is 1.80. The standard InChI is InChI=1S/C22H21BrN2O2/c1-22(2,3)24-20-17(13-9-5-7-11-15(13)23)18-19(27-20)14-10-6-8-12-16(14)25(4)21(18)26/h5-12,24H,1-4H3. The lowest BCUT2D eigenvalue weighted by atomic mass is 10.0. The normalized spacial score (nSPS) is 12.0. The zero-order valence-corrected chi connectivity index (χ0v) is 17.3. The van der Waals surface area contributed by atoms with Crippen molar-refractivity contribution >= 4 is 43.7 Å². The van der Waals surface area contributed by atoms with Crippen LogP contribution in [0.4, 0.5) is 5.88 Å². The number of rotatable bonds is 2. The van der Waals surface area contributed by atoms with Gasteiger partial charge in [0.25, 0.3) is 5.56 Å². The summed E-state index contributed by atoms with van der Waals surface area (Å²) in [5.41, 5.74) is 2.90. The minimum Gasteiger partial charge on any atom is -0.439 e. The van der Waals surface area contributed by atoms with Crippen molar-refractivity contribution in [2.45, 2.75) is 26.3 Å². The van der Waals surface area contributed by atoms with Crippen molar-refractivity contribution < 1.29 is 4.42 Å². The first kappa shape index (κ1) is 17.9.